The zero-order chi connectivity index (χ0) is 14.5. The Morgan fingerprint density at radius 3 is 2.47 bits per heavy atom. The Bertz CT molecular complexity index is 444. The first-order valence-electron chi connectivity index (χ1n) is 6.27. The minimum atomic E-state index is -0.873. The van der Waals surface area contributed by atoms with E-state index in [1.54, 1.807) is 39.3 Å². The molecule has 0 fully saturated rings. The maximum Gasteiger partial charge on any atom is 0.244 e. The zero-order valence-corrected chi connectivity index (χ0v) is 11.9. The van der Waals surface area contributed by atoms with Gasteiger partial charge in [0.05, 0.1) is 19.8 Å². The van der Waals surface area contributed by atoms with E-state index in [-0.39, 0.29) is 5.91 Å². The minimum Gasteiger partial charge on any atom is -0.493 e. The van der Waals surface area contributed by atoms with Gasteiger partial charge in [-0.05, 0) is 25.5 Å². The highest BCUT2D eigenvalue weighted by atomic mass is 16.5. The van der Waals surface area contributed by atoms with Crippen LogP contribution >= 0.6 is 0 Å². The molecule has 0 saturated heterocycles. The lowest BCUT2D eigenvalue weighted by atomic mass is 9.96. The molecule has 0 aliphatic carbocycles. The number of carbonyl (C=O) groups is 1. The molecule has 1 amide bonds. The lowest BCUT2D eigenvalue weighted by Crippen LogP contribution is -2.48. The van der Waals surface area contributed by atoms with Crippen molar-refractivity contribution in [2.45, 2.75) is 32.2 Å². The summed E-state index contributed by atoms with van der Waals surface area (Å²) in [6.45, 7) is 3.72. The number of ether oxygens (including phenoxy) is 2. The van der Waals surface area contributed by atoms with Crippen LogP contribution in [0.3, 0.4) is 0 Å². The molecule has 0 bridgehead atoms. The summed E-state index contributed by atoms with van der Waals surface area (Å²) in [5, 5.41) is 2.79. The summed E-state index contributed by atoms with van der Waals surface area (Å²) in [4.78, 5) is 12.1. The van der Waals surface area contributed by atoms with E-state index in [0.717, 1.165) is 6.42 Å². The molecule has 1 aromatic rings. The molecule has 1 aromatic carbocycles. The minimum absolute atomic E-state index is 0.207. The number of methoxy groups -OCH3 is 2. The molecule has 0 aromatic heterocycles. The number of amides is 1. The largest absolute Gasteiger partial charge is 0.493 e. The lowest BCUT2D eigenvalue weighted by molar-refractivity contribution is -0.120. The van der Waals surface area contributed by atoms with Crippen LogP contribution in [0, 0.1) is 0 Å². The number of carbonyl (C=O) groups excluding carboxylic acids is 1. The molecular formula is C14H22N2O3. The Labute approximate surface area is 114 Å². The Kier molecular flexibility index (Phi) is 5.18. The van der Waals surface area contributed by atoms with Crippen molar-refractivity contribution in [3.8, 4) is 11.5 Å². The third kappa shape index (κ3) is 3.86. The number of hydrogen-bond donors (Lipinski definition) is 2. The smallest absolute Gasteiger partial charge is 0.244 e. The molecule has 0 radical (unpaired) electrons. The summed E-state index contributed by atoms with van der Waals surface area (Å²) >= 11 is 0. The number of hydrogen-bond acceptors (Lipinski definition) is 4. The topological polar surface area (TPSA) is 73.6 Å². The summed E-state index contributed by atoms with van der Waals surface area (Å²) in [6, 6.07) is 5.20. The molecule has 1 atom stereocenters. The van der Waals surface area contributed by atoms with Gasteiger partial charge in [-0.1, -0.05) is 13.3 Å². The van der Waals surface area contributed by atoms with Gasteiger partial charge in [-0.15, -0.1) is 0 Å². The molecule has 0 spiro atoms. The van der Waals surface area contributed by atoms with Crippen molar-refractivity contribution in [3.63, 3.8) is 0 Å². The standard InChI is InChI=1S/C14H22N2O3/c1-5-8-14(2,15)13(17)16-10-6-7-11(18-3)12(9-10)19-4/h6-7,9H,5,8,15H2,1-4H3,(H,16,17). The molecule has 0 aliphatic heterocycles. The molecule has 0 saturated carbocycles. The molecule has 5 heteroatoms. The summed E-state index contributed by atoms with van der Waals surface area (Å²) in [5.41, 5.74) is 5.74. The highest BCUT2D eigenvalue weighted by Gasteiger charge is 2.27. The van der Waals surface area contributed by atoms with E-state index in [9.17, 15) is 4.79 Å². The van der Waals surface area contributed by atoms with Crippen LogP contribution < -0.4 is 20.5 Å². The van der Waals surface area contributed by atoms with E-state index in [0.29, 0.717) is 23.6 Å². The SMILES string of the molecule is CCCC(C)(N)C(=O)Nc1ccc(OC)c(OC)c1. The van der Waals surface area contributed by atoms with Crippen LogP contribution in [0.15, 0.2) is 18.2 Å². The second-order valence-corrected chi connectivity index (χ2v) is 4.69. The molecule has 5 nitrogen and oxygen atoms in total. The van der Waals surface area contributed by atoms with Gasteiger partial charge in [0.25, 0.3) is 0 Å². The molecule has 106 valence electrons. The van der Waals surface area contributed by atoms with Crippen molar-refractivity contribution in [1.82, 2.24) is 0 Å². The fourth-order valence-corrected chi connectivity index (χ4v) is 1.82. The molecule has 0 aliphatic rings. The summed E-state index contributed by atoms with van der Waals surface area (Å²) < 4.78 is 10.3. The zero-order valence-electron chi connectivity index (χ0n) is 11.9. The summed E-state index contributed by atoms with van der Waals surface area (Å²) in [5.74, 6) is 0.973. The van der Waals surface area contributed by atoms with Gasteiger partial charge < -0.3 is 20.5 Å². The first-order valence-corrected chi connectivity index (χ1v) is 6.27. The van der Waals surface area contributed by atoms with E-state index >= 15 is 0 Å². The van der Waals surface area contributed by atoms with E-state index in [1.807, 2.05) is 6.92 Å². The predicted molar refractivity (Wildman–Crippen MR) is 75.7 cm³/mol. The Balaban J connectivity index is 2.85. The van der Waals surface area contributed by atoms with Crippen molar-refractivity contribution in [3.05, 3.63) is 18.2 Å². The normalized spacial score (nSPS) is 13.5. The van der Waals surface area contributed by atoms with Gasteiger partial charge in [0.2, 0.25) is 5.91 Å². The maximum atomic E-state index is 12.1. The average molecular weight is 266 g/mol. The molecule has 1 rings (SSSR count). The second-order valence-electron chi connectivity index (χ2n) is 4.69. The van der Waals surface area contributed by atoms with Gasteiger partial charge in [-0.3, -0.25) is 4.79 Å². The number of nitrogens with two attached hydrogens (primary N) is 1. The maximum absolute atomic E-state index is 12.1. The van der Waals surface area contributed by atoms with Gasteiger partial charge in [0.1, 0.15) is 0 Å². The van der Waals surface area contributed by atoms with Crippen molar-refractivity contribution in [2.24, 2.45) is 5.73 Å². The third-order valence-electron chi connectivity index (χ3n) is 2.93. The van der Waals surface area contributed by atoms with Gasteiger partial charge in [0.15, 0.2) is 11.5 Å². The first-order chi connectivity index (χ1) is 8.94. The quantitative estimate of drug-likeness (QED) is 0.827. The summed E-state index contributed by atoms with van der Waals surface area (Å²) in [6.07, 6.45) is 1.48. The Morgan fingerprint density at radius 2 is 1.95 bits per heavy atom. The highest BCUT2D eigenvalue weighted by molar-refractivity contribution is 5.97. The van der Waals surface area contributed by atoms with E-state index in [2.05, 4.69) is 5.32 Å². The number of rotatable bonds is 6. The summed E-state index contributed by atoms with van der Waals surface area (Å²) in [7, 11) is 3.11. The third-order valence-corrected chi connectivity index (χ3v) is 2.93. The van der Waals surface area contributed by atoms with E-state index in [1.165, 1.54) is 0 Å². The first kappa shape index (κ1) is 15.3. The van der Waals surface area contributed by atoms with Crippen molar-refractivity contribution < 1.29 is 14.3 Å². The number of anilines is 1. The van der Waals surface area contributed by atoms with Gasteiger partial charge >= 0.3 is 0 Å². The fourth-order valence-electron chi connectivity index (χ4n) is 1.82. The van der Waals surface area contributed by atoms with Crippen molar-refractivity contribution in [2.75, 3.05) is 19.5 Å². The molecule has 0 heterocycles. The fraction of sp³-hybridized carbons (Fsp3) is 0.500. The average Bonchev–Trinajstić information content (AvgIpc) is 2.38. The predicted octanol–water partition coefficient (Wildman–Crippen LogP) is 2.16. The van der Waals surface area contributed by atoms with Gasteiger partial charge in [-0.25, -0.2) is 0 Å². The lowest BCUT2D eigenvalue weighted by Gasteiger charge is -2.23. The molecule has 3 N–H and O–H groups in total. The van der Waals surface area contributed by atoms with Crippen LogP contribution in [0.2, 0.25) is 0 Å². The van der Waals surface area contributed by atoms with Crippen molar-refractivity contribution in [1.29, 1.82) is 0 Å². The van der Waals surface area contributed by atoms with E-state index < -0.39 is 5.54 Å². The number of benzene rings is 1. The molecule has 19 heavy (non-hydrogen) atoms. The van der Waals surface area contributed by atoms with Crippen LogP contribution in [0.4, 0.5) is 5.69 Å². The molecular weight excluding hydrogens is 244 g/mol. The van der Waals surface area contributed by atoms with Crippen molar-refractivity contribution >= 4 is 11.6 Å². The van der Waals surface area contributed by atoms with Crippen LogP contribution in [0.25, 0.3) is 0 Å². The van der Waals surface area contributed by atoms with Crippen LogP contribution in [-0.2, 0) is 4.79 Å². The Morgan fingerprint density at radius 1 is 1.32 bits per heavy atom. The van der Waals surface area contributed by atoms with Crippen LogP contribution in [0.5, 0.6) is 11.5 Å². The van der Waals surface area contributed by atoms with Gasteiger partial charge in [0, 0.05) is 11.8 Å². The monoisotopic (exact) mass is 266 g/mol. The van der Waals surface area contributed by atoms with Crippen LogP contribution in [0.1, 0.15) is 26.7 Å². The molecule has 1 unspecified atom stereocenters. The van der Waals surface area contributed by atoms with E-state index in [4.69, 9.17) is 15.2 Å². The van der Waals surface area contributed by atoms with Gasteiger partial charge in [-0.2, -0.15) is 0 Å². The number of nitrogens with one attached hydrogen (secondary N) is 1. The van der Waals surface area contributed by atoms with Crippen LogP contribution in [-0.4, -0.2) is 25.7 Å². The highest BCUT2D eigenvalue weighted by Crippen LogP contribution is 2.30. The second kappa shape index (κ2) is 6.43. The Hall–Kier alpha value is -1.75.